The second-order valence-electron chi connectivity index (χ2n) is 8.06. The van der Waals surface area contributed by atoms with Gasteiger partial charge in [0, 0.05) is 0 Å². The lowest BCUT2D eigenvalue weighted by atomic mass is 10.1. The molecule has 5 rings (SSSR count). The van der Waals surface area contributed by atoms with Gasteiger partial charge in [-0.05, 0) is 86.0 Å². The van der Waals surface area contributed by atoms with Crippen LogP contribution in [0.1, 0.15) is 11.1 Å². The molecule has 0 spiro atoms. The van der Waals surface area contributed by atoms with Crippen molar-refractivity contribution in [1.29, 1.82) is 0 Å². The zero-order valence-electron chi connectivity index (χ0n) is 19.4. The molecule has 1 N–H and O–H groups in total. The van der Waals surface area contributed by atoms with Crippen LogP contribution in [0.3, 0.4) is 0 Å². The van der Waals surface area contributed by atoms with Gasteiger partial charge in [-0.2, -0.15) is 0 Å². The number of amidine groups is 1. The van der Waals surface area contributed by atoms with Crippen molar-refractivity contribution in [3.8, 4) is 11.5 Å². The number of aliphatic imine (C=N–C) groups is 1. The van der Waals surface area contributed by atoms with E-state index >= 15 is 0 Å². The molecule has 4 aromatic rings. The molecule has 9 heteroatoms. The second kappa shape index (κ2) is 11.2. The van der Waals surface area contributed by atoms with Gasteiger partial charge in [-0.15, -0.1) is 0 Å². The summed E-state index contributed by atoms with van der Waals surface area (Å²) in [7, 11) is 1.58. The minimum atomic E-state index is -0.256. The molecular weight excluding hydrogens is 595 g/mol. The largest absolute Gasteiger partial charge is 0.493 e. The molecule has 1 heterocycles. The molecule has 0 atom stereocenters. The molecule has 0 saturated carbocycles. The van der Waals surface area contributed by atoms with Crippen LogP contribution in [-0.4, -0.2) is 18.2 Å². The number of carbonyl (C=O) groups excluding carboxylic acids is 1. The van der Waals surface area contributed by atoms with Crippen LogP contribution < -0.4 is 14.8 Å². The Morgan fingerprint density at radius 1 is 1.03 bits per heavy atom. The monoisotopic (exact) mass is 612 g/mol. The Morgan fingerprint density at radius 3 is 2.65 bits per heavy atom. The summed E-state index contributed by atoms with van der Waals surface area (Å²) in [5.74, 6) is 0.873. The fourth-order valence-corrected chi connectivity index (χ4v) is 5.51. The number of carbonyl (C=O) groups is 1. The van der Waals surface area contributed by atoms with E-state index in [-0.39, 0.29) is 5.91 Å². The van der Waals surface area contributed by atoms with Crippen LogP contribution >= 0.6 is 50.9 Å². The number of fused-ring (bicyclic) bond motifs is 1. The molecule has 1 amide bonds. The summed E-state index contributed by atoms with van der Waals surface area (Å²) in [4.78, 5) is 17.5. The topological polar surface area (TPSA) is 59.9 Å². The number of benzene rings is 4. The number of amides is 1. The minimum Gasteiger partial charge on any atom is -0.493 e. The molecule has 186 valence electrons. The van der Waals surface area contributed by atoms with Crippen molar-refractivity contribution in [3.05, 3.63) is 103 Å². The third kappa shape index (κ3) is 5.80. The van der Waals surface area contributed by atoms with Crippen molar-refractivity contribution >= 4 is 84.5 Å². The third-order valence-corrected chi connectivity index (χ3v) is 7.86. The minimum absolute atomic E-state index is 0.256. The maximum atomic E-state index is 12.6. The van der Waals surface area contributed by atoms with Crippen molar-refractivity contribution in [2.24, 2.45) is 4.99 Å². The molecule has 5 nitrogen and oxygen atoms in total. The van der Waals surface area contributed by atoms with Crippen LogP contribution in [0.2, 0.25) is 10.0 Å². The molecule has 1 fully saturated rings. The van der Waals surface area contributed by atoms with Crippen LogP contribution in [-0.2, 0) is 11.4 Å². The average molecular weight is 614 g/mol. The average Bonchev–Trinajstić information content (AvgIpc) is 3.23. The number of thioether (sulfide) groups is 1. The molecular formula is C28H19BrCl2N2O3S. The molecule has 1 aliphatic heterocycles. The van der Waals surface area contributed by atoms with Gasteiger partial charge in [0.15, 0.2) is 16.7 Å². The van der Waals surface area contributed by atoms with E-state index in [1.165, 1.54) is 17.1 Å². The quantitative estimate of drug-likeness (QED) is 0.222. The molecule has 1 saturated heterocycles. The molecule has 0 aromatic heterocycles. The first-order valence-electron chi connectivity index (χ1n) is 11.1. The predicted octanol–water partition coefficient (Wildman–Crippen LogP) is 8.39. The fraction of sp³-hybridized carbons (Fsp3) is 0.0714. The normalized spacial score (nSPS) is 15.4. The number of ether oxygens (including phenoxy) is 2. The fourth-order valence-electron chi connectivity index (χ4n) is 3.77. The molecule has 37 heavy (non-hydrogen) atoms. The van der Waals surface area contributed by atoms with Crippen molar-refractivity contribution in [2.45, 2.75) is 6.61 Å². The zero-order valence-corrected chi connectivity index (χ0v) is 23.3. The lowest BCUT2D eigenvalue weighted by molar-refractivity contribution is -0.115. The van der Waals surface area contributed by atoms with Crippen LogP contribution in [0.5, 0.6) is 11.5 Å². The summed E-state index contributed by atoms with van der Waals surface area (Å²) >= 11 is 17.1. The molecule has 0 unspecified atom stereocenters. The van der Waals surface area contributed by atoms with Gasteiger partial charge < -0.3 is 14.8 Å². The maximum absolute atomic E-state index is 12.6. The summed E-state index contributed by atoms with van der Waals surface area (Å²) in [6.45, 7) is 0.379. The molecule has 0 bridgehead atoms. The summed E-state index contributed by atoms with van der Waals surface area (Å²) < 4.78 is 12.4. The number of nitrogens with zero attached hydrogens (tertiary/aromatic N) is 1. The smallest absolute Gasteiger partial charge is 0.264 e. The summed E-state index contributed by atoms with van der Waals surface area (Å²) in [5.41, 5.74) is 2.29. The van der Waals surface area contributed by atoms with Crippen LogP contribution in [0.25, 0.3) is 16.8 Å². The van der Waals surface area contributed by atoms with Crippen LogP contribution in [0.15, 0.2) is 87.2 Å². The molecule has 0 aliphatic carbocycles. The van der Waals surface area contributed by atoms with Gasteiger partial charge in [0.25, 0.3) is 5.91 Å². The van der Waals surface area contributed by atoms with E-state index in [1.54, 1.807) is 31.4 Å². The van der Waals surface area contributed by atoms with E-state index in [4.69, 9.17) is 32.7 Å². The van der Waals surface area contributed by atoms with Crippen molar-refractivity contribution < 1.29 is 14.3 Å². The van der Waals surface area contributed by atoms with Gasteiger partial charge in [0.05, 0.1) is 32.2 Å². The Kier molecular flexibility index (Phi) is 7.76. The first-order valence-corrected chi connectivity index (χ1v) is 13.5. The molecule has 1 aliphatic rings. The third-order valence-electron chi connectivity index (χ3n) is 5.55. The van der Waals surface area contributed by atoms with Crippen LogP contribution in [0.4, 0.5) is 5.69 Å². The maximum Gasteiger partial charge on any atom is 0.264 e. The van der Waals surface area contributed by atoms with E-state index in [9.17, 15) is 4.79 Å². The Bertz CT molecular complexity index is 1590. The zero-order chi connectivity index (χ0) is 25.9. The summed E-state index contributed by atoms with van der Waals surface area (Å²) in [6.07, 6.45) is 1.77. The highest BCUT2D eigenvalue weighted by atomic mass is 79.9. The highest BCUT2D eigenvalue weighted by Gasteiger charge is 2.24. The summed E-state index contributed by atoms with van der Waals surface area (Å²) in [6, 6.07) is 23.3. The Labute approximate surface area is 236 Å². The van der Waals surface area contributed by atoms with Gasteiger partial charge in [-0.25, -0.2) is 4.99 Å². The Hall–Kier alpha value is -2.97. The predicted molar refractivity (Wildman–Crippen MR) is 156 cm³/mol. The number of rotatable bonds is 6. The number of hydrogen-bond donors (Lipinski definition) is 1. The lowest BCUT2D eigenvalue weighted by Crippen LogP contribution is -2.19. The molecule has 0 radical (unpaired) electrons. The highest BCUT2D eigenvalue weighted by Crippen LogP contribution is 2.39. The van der Waals surface area contributed by atoms with Crippen molar-refractivity contribution in [1.82, 2.24) is 5.32 Å². The number of nitrogens with one attached hydrogen (secondary N) is 1. The Balaban J connectivity index is 1.35. The van der Waals surface area contributed by atoms with Gasteiger partial charge in [-0.3, -0.25) is 4.79 Å². The van der Waals surface area contributed by atoms with E-state index in [0.717, 1.165) is 16.5 Å². The standard InChI is InChI=1S/C28H19BrCl2N2O3S/c1-35-23-13-17(14-24-27(34)33-28(37-24)32-22-8-4-7-21(30)25(22)31)12-20(29)26(23)36-15-16-9-10-18-5-2-3-6-19(18)11-16/h2-14H,15H2,1H3,(H,32,33,34)/b24-14+. The first-order chi connectivity index (χ1) is 17.9. The first kappa shape index (κ1) is 25.7. The Morgan fingerprint density at radius 2 is 1.84 bits per heavy atom. The SMILES string of the molecule is COc1cc(/C=C2/SC(=Nc3cccc(Cl)c3Cl)NC2=O)cc(Br)c1OCc1ccc2ccccc2c1. The van der Waals surface area contributed by atoms with Crippen LogP contribution in [0, 0.1) is 0 Å². The van der Waals surface area contributed by atoms with Gasteiger partial charge in [0.1, 0.15) is 6.61 Å². The number of hydrogen-bond acceptors (Lipinski definition) is 5. The van der Waals surface area contributed by atoms with E-state index in [0.29, 0.717) is 48.4 Å². The van der Waals surface area contributed by atoms with Gasteiger partial charge >= 0.3 is 0 Å². The number of halogens is 3. The van der Waals surface area contributed by atoms with E-state index in [1.807, 2.05) is 30.3 Å². The van der Waals surface area contributed by atoms with E-state index in [2.05, 4.69) is 50.5 Å². The van der Waals surface area contributed by atoms with E-state index < -0.39 is 0 Å². The van der Waals surface area contributed by atoms with Crippen molar-refractivity contribution in [3.63, 3.8) is 0 Å². The summed E-state index contributed by atoms with van der Waals surface area (Å²) in [5, 5.41) is 6.24. The second-order valence-corrected chi connectivity index (χ2v) is 10.7. The van der Waals surface area contributed by atoms with Gasteiger partial charge in [0.2, 0.25) is 0 Å². The lowest BCUT2D eigenvalue weighted by Gasteiger charge is -2.14. The number of methoxy groups -OCH3 is 1. The van der Waals surface area contributed by atoms with Gasteiger partial charge in [-0.1, -0.05) is 65.7 Å². The molecule has 4 aromatic carbocycles. The van der Waals surface area contributed by atoms with Crippen molar-refractivity contribution in [2.75, 3.05) is 7.11 Å². The highest BCUT2D eigenvalue weighted by molar-refractivity contribution is 9.10.